The Kier molecular flexibility index (Phi) is 4.68. The van der Waals surface area contributed by atoms with Gasteiger partial charge in [0, 0.05) is 0 Å². The van der Waals surface area contributed by atoms with E-state index in [1.807, 2.05) is 6.07 Å². The SMILES string of the molecule is O=S(=O)(Cc1ccccc1)NCc1nc(-c2ccccc2F)no1. The number of benzene rings is 2. The van der Waals surface area contributed by atoms with Gasteiger partial charge in [-0.2, -0.15) is 4.98 Å². The first-order chi connectivity index (χ1) is 11.5. The van der Waals surface area contributed by atoms with Crippen LogP contribution >= 0.6 is 0 Å². The highest BCUT2D eigenvalue weighted by Crippen LogP contribution is 2.19. The van der Waals surface area contributed by atoms with Crippen molar-refractivity contribution in [3.8, 4) is 11.4 Å². The quantitative estimate of drug-likeness (QED) is 0.740. The molecule has 0 radical (unpaired) electrons. The summed E-state index contributed by atoms with van der Waals surface area (Å²) in [6.07, 6.45) is 0. The lowest BCUT2D eigenvalue weighted by molar-refractivity contribution is 0.375. The summed E-state index contributed by atoms with van der Waals surface area (Å²) in [6, 6.07) is 14.8. The van der Waals surface area contributed by atoms with Gasteiger partial charge >= 0.3 is 0 Å². The Bertz CT molecular complexity index is 927. The second kappa shape index (κ2) is 6.90. The van der Waals surface area contributed by atoms with Crippen LogP contribution in [0.1, 0.15) is 11.5 Å². The van der Waals surface area contributed by atoms with E-state index in [1.165, 1.54) is 12.1 Å². The van der Waals surface area contributed by atoms with E-state index in [1.54, 1.807) is 36.4 Å². The van der Waals surface area contributed by atoms with Crippen LogP contribution < -0.4 is 4.72 Å². The van der Waals surface area contributed by atoms with Crippen molar-refractivity contribution in [2.45, 2.75) is 12.3 Å². The third-order valence-corrected chi connectivity index (χ3v) is 4.52. The highest BCUT2D eigenvalue weighted by molar-refractivity contribution is 7.88. The van der Waals surface area contributed by atoms with Crippen molar-refractivity contribution in [1.82, 2.24) is 14.9 Å². The van der Waals surface area contributed by atoms with Gasteiger partial charge < -0.3 is 4.52 Å². The summed E-state index contributed by atoms with van der Waals surface area (Å²) in [5, 5.41) is 3.67. The smallest absolute Gasteiger partial charge is 0.242 e. The molecule has 6 nitrogen and oxygen atoms in total. The van der Waals surface area contributed by atoms with Crippen LogP contribution in [0, 0.1) is 5.82 Å². The monoisotopic (exact) mass is 347 g/mol. The highest BCUT2D eigenvalue weighted by Gasteiger charge is 2.16. The van der Waals surface area contributed by atoms with Crippen LogP contribution in [0.5, 0.6) is 0 Å². The molecular weight excluding hydrogens is 333 g/mol. The van der Waals surface area contributed by atoms with E-state index in [0.717, 1.165) is 0 Å². The molecule has 0 saturated heterocycles. The predicted molar refractivity (Wildman–Crippen MR) is 85.6 cm³/mol. The van der Waals surface area contributed by atoms with Gasteiger partial charge in [0.25, 0.3) is 0 Å². The number of nitrogens with zero attached hydrogens (tertiary/aromatic N) is 2. The van der Waals surface area contributed by atoms with Crippen molar-refractivity contribution in [3.63, 3.8) is 0 Å². The van der Waals surface area contributed by atoms with Crippen LogP contribution in [0.2, 0.25) is 0 Å². The molecule has 0 unspecified atom stereocenters. The molecule has 0 bridgehead atoms. The summed E-state index contributed by atoms with van der Waals surface area (Å²) in [5.74, 6) is -0.493. The van der Waals surface area contributed by atoms with Gasteiger partial charge in [0.1, 0.15) is 5.82 Å². The highest BCUT2D eigenvalue weighted by atomic mass is 32.2. The van der Waals surface area contributed by atoms with E-state index in [-0.39, 0.29) is 29.6 Å². The van der Waals surface area contributed by atoms with E-state index in [0.29, 0.717) is 5.56 Å². The van der Waals surface area contributed by atoms with E-state index >= 15 is 0 Å². The second-order valence-corrected chi connectivity index (χ2v) is 6.86. The van der Waals surface area contributed by atoms with Crippen molar-refractivity contribution in [2.24, 2.45) is 0 Å². The molecule has 0 aliphatic rings. The van der Waals surface area contributed by atoms with E-state index in [4.69, 9.17) is 4.52 Å². The number of rotatable bonds is 6. The van der Waals surface area contributed by atoms with Gasteiger partial charge in [0.05, 0.1) is 17.9 Å². The Hall–Kier alpha value is -2.58. The summed E-state index contributed by atoms with van der Waals surface area (Å²) in [6.45, 7) is -0.156. The van der Waals surface area contributed by atoms with E-state index < -0.39 is 15.8 Å². The van der Waals surface area contributed by atoms with Crippen molar-refractivity contribution in [3.05, 3.63) is 71.9 Å². The minimum atomic E-state index is -3.55. The number of sulfonamides is 1. The molecule has 2 aromatic carbocycles. The number of aromatic nitrogens is 2. The number of hydrogen-bond donors (Lipinski definition) is 1. The molecule has 0 saturated carbocycles. The first-order valence-electron chi connectivity index (χ1n) is 7.12. The fourth-order valence-electron chi connectivity index (χ4n) is 2.09. The zero-order valence-electron chi connectivity index (χ0n) is 12.5. The molecule has 1 N–H and O–H groups in total. The van der Waals surface area contributed by atoms with Crippen LogP contribution in [0.3, 0.4) is 0 Å². The first kappa shape index (κ1) is 16.3. The number of halogens is 1. The summed E-state index contributed by atoms with van der Waals surface area (Å²) < 4.78 is 45.1. The first-order valence-corrected chi connectivity index (χ1v) is 8.77. The summed E-state index contributed by atoms with van der Waals surface area (Å²) in [5.41, 5.74) is 0.863. The molecule has 0 amide bonds. The van der Waals surface area contributed by atoms with Gasteiger partial charge in [-0.05, 0) is 17.7 Å². The summed E-state index contributed by atoms with van der Waals surface area (Å²) in [4.78, 5) is 4.01. The Morgan fingerprint density at radius 2 is 1.75 bits per heavy atom. The minimum absolute atomic E-state index is 0.0601. The normalized spacial score (nSPS) is 11.5. The molecule has 3 rings (SSSR count). The largest absolute Gasteiger partial charge is 0.338 e. The maximum absolute atomic E-state index is 13.7. The van der Waals surface area contributed by atoms with Crippen molar-refractivity contribution >= 4 is 10.0 Å². The average Bonchev–Trinajstić information content (AvgIpc) is 3.03. The van der Waals surface area contributed by atoms with Crippen LogP contribution in [-0.4, -0.2) is 18.6 Å². The fourth-order valence-corrected chi connectivity index (χ4v) is 3.17. The standard InChI is InChI=1S/C16H14FN3O3S/c17-14-9-5-4-8-13(14)16-19-15(23-20-16)10-18-24(21,22)11-12-6-2-1-3-7-12/h1-9,18H,10-11H2. The van der Waals surface area contributed by atoms with Gasteiger partial charge in [-0.25, -0.2) is 17.5 Å². The van der Waals surface area contributed by atoms with Crippen LogP contribution in [-0.2, 0) is 22.3 Å². The van der Waals surface area contributed by atoms with E-state index in [9.17, 15) is 12.8 Å². The average molecular weight is 347 g/mol. The van der Waals surface area contributed by atoms with Gasteiger partial charge in [-0.1, -0.05) is 47.6 Å². The van der Waals surface area contributed by atoms with Gasteiger partial charge in [0.15, 0.2) is 0 Å². The maximum atomic E-state index is 13.7. The van der Waals surface area contributed by atoms with E-state index in [2.05, 4.69) is 14.9 Å². The third-order valence-electron chi connectivity index (χ3n) is 3.23. The van der Waals surface area contributed by atoms with Crippen LogP contribution in [0.4, 0.5) is 4.39 Å². The fraction of sp³-hybridized carbons (Fsp3) is 0.125. The molecule has 0 atom stereocenters. The van der Waals surface area contributed by atoms with Gasteiger partial charge in [-0.3, -0.25) is 0 Å². The van der Waals surface area contributed by atoms with Crippen molar-refractivity contribution in [2.75, 3.05) is 0 Å². The molecule has 0 aliphatic carbocycles. The maximum Gasteiger partial charge on any atom is 0.242 e. The molecule has 0 aliphatic heterocycles. The second-order valence-electron chi connectivity index (χ2n) is 5.06. The Balaban J connectivity index is 1.66. The molecule has 24 heavy (non-hydrogen) atoms. The zero-order chi connectivity index (χ0) is 17.0. The third kappa shape index (κ3) is 4.03. The molecule has 0 fully saturated rings. The number of nitrogens with one attached hydrogen (secondary N) is 1. The van der Waals surface area contributed by atoms with Crippen LogP contribution in [0.15, 0.2) is 59.1 Å². The van der Waals surface area contributed by atoms with Gasteiger partial charge in [-0.15, -0.1) is 0 Å². The molecule has 8 heteroatoms. The lowest BCUT2D eigenvalue weighted by Gasteiger charge is -2.04. The topological polar surface area (TPSA) is 85.1 Å². The summed E-state index contributed by atoms with van der Waals surface area (Å²) in [7, 11) is -3.55. The molecule has 1 heterocycles. The Morgan fingerprint density at radius 1 is 1.04 bits per heavy atom. The van der Waals surface area contributed by atoms with Crippen LogP contribution in [0.25, 0.3) is 11.4 Å². The Labute approximate surface area is 138 Å². The summed E-state index contributed by atoms with van der Waals surface area (Å²) >= 11 is 0. The van der Waals surface area contributed by atoms with Crippen molar-refractivity contribution < 1.29 is 17.3 Å². The van der Waals surface area contributed by atoms with Gasteiger partial charge in [0.2, 0.25) is 21.7 Å². The molecule has 0 spiro atoms. The lowest BCUT2D eigenvalue weighted by atomic mass is 10.2. The lowest BCUT2D eigenvalue weighted by Crippen LogP contribution is -2.24. The molecular formula is C16H14FN3O3S. The molecule has 124 valence electrons. The number of hydrogen-bond acceptors (Lipinski definition) is 5. The predicted octanol–water partition coefficient (Wildman–Crippen LogP) is 2.50. The minimum Gasteiger partial charge on any atom is -0.338 e. The zero-order valence-corrected chi connectivity index (χ0v) is 13.3. The van der Waals surface area contributed by atoms with Crippen molar-refractivity contribution in [1.29, 1.82) is 0 Å². The molecule has 3 aromatic rings. The Morgan fingerprint density at radius 3 is 2.50 bits per heavy atom. The molecule has 1 aromatic heterocycles.